The summed E-state index contributed by atoms with van der Waals surface area (Å²) in [5.41, 5.74) is 0. The maximum absolute atomic E-state index is 3.51. The topological polar surface area (TPSA) is 12.0 Å². The third-order valence-electron chi connectivity index (χ3n) is 3.11. The molecule has 1 heteroatoms. The van der Waals surface area contributed by atoms with Gasteiger partial charge >= 0.3 is 0 Å². The molecule has 0 saturated heterocycles. The normalized spacial score (nSPS) is 14.6. The number of hydrogen-bond donors (Lipinski definition) is 1. The molecule has 15 heavy (non-hydrogen) atoms. The predicted octanol–water partition coefficient (Wildman–Crippen LogP) is 3.94. The Kier molecular flexibility index (Phi) is 7.25. The van der Waals surface area contributed by atoms with Gasteiger partial charge in [0.15, 0.2) is 0 Å². The summed E-state index contributed by atoms with van der Waals surface area (Å²) in [7, 11) is 2.11. The van der Waals surface area contributed by atoms with Crippen LogP contribution in [0.25, 0.3) is 0 Å². The molecule has 0 aliphatic carbocycles. The van der Waals surface area contributed by atoms with Crippen molar-refractivity contribution in [3.63, 3.8) is 0 Å². The van der Waals surface area contributed by atoms with E-state index >= 15 is 0 Å². The van der Waals surface area contributed by atoms with E-state index in [2.05, 4.69) is 53.9 Å². The third-order valence-corrected chi connectivity index (χ3v) is 3.11. The van der Waals surface area contributed by atoms with Crippen LogP contribution in [0.15, 0.2) is 0 Å². The van der Waals surface area contributed by atoms with E-state index in [-0.39, 0.29) is 0 Å². The number of rotatable bonds is 7. The van der Waals surface area contributed by atoms with Crippen molar-refractivity contribution in [2.75, 3.05) is 7.05 Å². The largest absolute Gasteiger partial charge is 0.316 e. The second-order valence-corrected chi connectivity index (χ2v) is 6.08. The summed E-state index contributed by atoms with van der Waals surface area (Å²) < 4.78 is 0. The van der Waals surface area contributed by atoms with Gasteiger partial charge in [0, 0.05) is 6.04 Å². The van der Waals surface area contributed by atoms with Crippen LogP contribution in [-0.4, -0.2) is 13.1 Å². The molecule has 0 aromatic rings. The van der Waals surface area contributed by atoms with Crippen molar-refractivity contribution in [2.45, 2.75) is 60.4 Å². The number of hydrogen-bond acceptors (Lipinski definition) is 1. The van der Waals surface area contributed by atoms with E-state index in [1.807, 2.05) is 0 Å². The summed E-state index contributed by atoms with van der Waals surface area (Å²) in [5.74, 6) is 3.18. The highest BCUT2D eigenvalue weighted by molar-refractivity contribution is 4.79. The minimum absolute atomic E-state index is 0.676. The van der Waals surface area contributed by atoms with Gasteiger partial charge in [-0.05, 0) is 43.6 Å². The van der Waals surface area contributed by atoms with Gasteiger partial charge in [0.2, 0.25) is 0 Å². The summed E-state index contributed by atoms with van der Waals surface area (Å²) in [5, 5.41) is 3.51. The molecule has 0 radical (unpaired) electrons. The van der Waals surface area contributed by atoms with Crippen molar-refractivity contribution >= 4 is 0 Å². The Morgan fingerprint density at radius 2 is 1.20 bits per heavy atom. The fraction of sp³-hybridized carbons (Fsp3) is 1.00. The van der Waals surface area contributed by atoms with E-state index in [1.165, 1.54) is 12.8 Å². The first-order valence-corrected chi connectivity index (χ1v) is 6.55. The summed E-state index contributed by atoms with van der Waals surface area (Å²) >= 11 is 0. The van der Waals surface area contributed by atoms with Gasteiger partial charge in [-0.1, -0.05) is 41.5 Å². The van der Waals surface area contributed by atoms with Crippen molar-refractivity contribution in [2.24, 2.45) is 23.7 Å². The van der Waals surface area contributed by atoms with Crippen LogP contribution in [0.4, 0.5) is 0 Å². The SMILES string of the molecule is CNC(C(C)C)C(CC(C)C)CC(C)C. The van der Waals surface area contributed by atoms with Gasteiger partial charge in [-0.2, -0.15) is 0 Å². The molecule has 0 amide bonds. The molecule has 92 valence electrons. The van der Waals surface area contributed by atoms with E-state index in [1.54, 1.807) is 0 Å². The Morgan fingerprint density at radius 1 is 0.800 bits per heavy atom. The molecule has 1 N–H and O–H groups in total. The first-order chi connectivity index (χ1) is 6.88. The van der Waals surface area contributed by atoms with Gasteiger partial charge in [0.05, 0.1) is 0 Å². The lowest BCUT2D eigenvalue weighted by atomic mass is 9.80. The highest BCUT2D eigenvalue weighted by Gasteiger charge is 2.24. The zero-order valence-corrected chi connectivity index (χ0v) is 11.8. The molecular weight excluding hydrogens is 182 g/mol. The zero-order chi connectivity index (χ0) is 12.0. The van der Waals surface area contributed by atoms with Crippen molar-refractivity contribution in [3.05, 3.63) is 0 Å². The van der Waals surface area contributed by atoms with Crippen LogP contribution in [0.5, 0.6) is 0 Å². The molecule has 0 rings (SSSR count). The highest BCUT2D eigenvalue weighted by atomic mass is 14.9. The van der Waals surface area contributed by atoms with Crippen LogP contribution < -0.4 is 5.32 Å². The minimum atomic E-state index is 0.676. The van der Waals surface area contributed by atoms with Crippen LogP contribution in [0.1, 0.15) is 54.4 Å². The van der Waals surface area contributed by atoms with Crippen molar-refractivity contribution in [1.82, 2.24) is 5.32 Å². The van der Waals surface area contributed by atoms with Gasteiger partial charge in [-0.15, -0.1) is 0 Å². The van der Waals surface area contributed by atoms with Crippen LogP contribution in [-0.2, 0) is 0 Å². The molecule has 0 spiro atoms. The maximum atomic E-state index is 3.51. The standard InChI is InChI=1S/C14H31N/c1-10(2)8-13(9-11(3)4)14(15-7)12(5)6/h10-15H,8-9H2,1-7H3. The fourth-order valence-corrected chi connectivity index (χ4v) is 2.71. The molecule has 1 atom stereocenters. The Hall–Kier alpha value is -0.0400. The van der Waals surface area contributed by atoms with Gasteiger partial charge in [-0.25, -0.2) is 0 Å². The van der Waals surface area contributed by atoms with E-state index in [4.69, 9.17) is 0 Å². The smallest absolute Gasteiger partial charge is 0.0115 e. The monoisotopic (exact) mass is 213 g/mol. The number of nitrogens with one attached hydrogen (secondary N) is 1. The molecule has 0 bridgehead atoms. The minimum Gasteiger partial charge on any atom is -0.316 e. The van der Waals surface area contributed by atoms with E-state index < -0.39 is 0 Å². The van der Waals surface area contributed by atoms with Gasteiger partial charge in [0.1, 0.15) is 0 Å². The summed E-state index contributed by atoms with van der Waals surface area (Å²) in [6.45, 7) is 14.0. The molecule has 0 aliphatic heterocycles. The van der Waals surface area contributed by atoms with Crippen molar-refractivity contribution in [3.8, 4) is 0 Å². The molecule has 0 aliphatic rings. The van der Waals surface area contributed by atoms with Crippen molar-refractivity contribution < 1.29 is 0 Å². The Labute approximate surface area is 97.0 Å². The van der Waals surface area contributed by atoms with Crippen LogP contribution >= 0.6 is 0 Å². The quantitative estimate of drug-likeness (QED) is 0.675. The Bertz CT molecular complexity index is 139. The van der Waals surface area contributed by atoms with Gasteiger partial charge in [-0.3, -0.25) is 0 Å². The second kappa shape index (κ2) is 7.27. The predicted molar refractivity (Wildman–Crippen MR) is 70.1 cm³/mol. The lowest BCUT2D eigenvalue weighted by Gasteiger charge is -2.32. The van der Waals surface area contributed by atoms with E-state index in [9.17, 15) is 0 Å². The summed E-state index contributed by atoms with van der Waals surface area (Å²) in [6.07, 6.45) is 2.70. The lowest BCUT2D eigenvalue weighted by molar-refractivity contribution is 0.226. The molecule has 0 heterocycles. The first kappa shape index (κ1) is 15.0. The fourth-order valence-electron chi connectivity index (χ4n) is 2.71. The molecular formula is C14H31N. The molecule has 0 aromatic carbocycles. The molecule has 1 nitrogen and oxygen atoms in total. The summed E-state index contributed by atoms with van der Waals surface area (Å²) in [4.78, 5) is 0. The van der Waals surface area contributed by atoms with E-state index in [0.717, 1.165) is 23.7 Å². The Morgan fingerprint density at radius 3 is 1.40 bits per heavy atom. The lowest BCUT2D eigenvalue weighted by Crippen LogP contribution is -2.39. The van der Waals surface area contributed by atoms with Gasteiger partial charge in [0.25, 0.3) is 0 Å². The van der Waals surface area contributed by atoms with Crippen LogP contribution in [0.3, 0.4) is 0 Å². The second-order valence-electron chi connectivity index (χ2n) is 6.08. The molecule has 0 saturated carbocycles. The maximum Gasteiger partial charge on any atom is 0.0115 e. The third kappa shape index (κ3) is 6.19. The Balaban J connectivity index is 4.43. The molecule has 0 fully saturated rings. The van der Waals surface area contributed by atoms with E-state index in [0.29, 0.717) is 6.04 Å². The molecule has 1 unspecified atom stereocenters. The molecule has 0 aromatic heterocycles. The highest BCUT2D eigenvalue weighted by Crippen LogP contribution is 2.26. The first-order valence-electron chi connectivity index (χ1n) is 6.55. The van der Waals surface area contributed by atoms with Crippen LogP contribution in [0, 0.1) is 23.7 Å². The van der Waals surface area contributed by atoms with Gasteiger partial charge < -0.3 is 5.32 Å². The van der Waals surface area contributed by atoms with Crippen molar-refractivity contribution in [1.29, 1.82) is 0 Å². The average Bonchev–Trinajstić information content (AvgIpc) is 2.01. The van der Waals surface area contributed by atoms with Crippen LogP contribution in [0.2, 0.25) is 0 Å². The average molecular weight is 213 g/mol. The zero-order valence-electron chi connectivity index (χ0n) is 11.8. The summed E-state index contributed by atoms with van der Waals surface area (Å²) in [6, 6.07) is 0.676.